The maximum absolute atomic E-state index is 13.3. The normalized spacial score (nSPS) is 18.3. The van der Waals surface area contributed by atoms with E-state index >= 15 is 0 Å². The lowest BCUT2D eigenvalue weighted by Crippen LogP contribution is -2.52. The molecule has 0 bridgehead atoms. The Morgan fingerprint density at radius 3 is 2.58 bits per heavy atom. The molecule has 0 spiro atoms. The van der Waals surface area contributed by atoms with Crippen LogP contribution in [0.15, 0.2) is 54.9 Å². The van der Waals surface area contributed by atoms with Gasteiger partial charge in [-0.25, -0.2) is 9.78 Å². The number of ether oxygens (including phenoxy) is 1. The molecule has 202 valence electrons. The van der Waals surface area contributed by atoms with E-state index in [1.54, 1.807) is 44.5 Å². The molecular formula is C28H34ClN5O4. The van der Waals surface area contributed by atoms with Crippen LogP contribution in [0, 0.1) is 5.92 Å². The molecule has 9 nitrogen and oxygen atoms in total. The summed E-state index contributed by atoms with van der Waals surface area (Å²) in [6.07, 6.45) is 4.06. The SMILES string of the molecule is C[C@H](NC(=O)[C@H]1C[C@H](Cc2ccccc2)CN1C(=O)OC(C)(C)C)C(=O)NCc1ccc2ncc(Cl)n2c1. The minimum Gasteiger partial charge on any atom is -0.444 e. The molecule has 2 aromatic heterocycles. The molecule has 1 saturated heterocycles. The molecule has 2 N–H and O–H groups in total. The molecule has 0 unspecified atom stereocenters. The van der Waals surface area contributed by atoms with Gasteiger partial charge in [-0.15, -0.1) is 0 Å². The number of pyridine rings is 1. The van der Waals surface area contributed by atoms with Crippen molar-refractivity contribution in [3.63, 3.8) is 0 Å². The largest absolute Gasteiger partial charge is 0.444 e. The number of carbonyl (C=O) groups excluding carboxylic acids is 3. The summed E-state index contributed by atoms with van der Waals surface area (Å²) in [6.45, 7) is 7.67. The first-order chi connectivity index (χ1) is 18.0. The minimum absolute atomic E-state index is 0.0923. The summed E-state index contributed by atoms with van der Waals surface area (Å²) in [6, 6.07) is 12.1. The fourth-order valence-electron chi connectivity index (χ4n) is 4.61. The molecule has 3 atom stereocenters. The lowest BCUT2D eigenvalue weighted by Gasteiger charge is -2.28. The fourth-order valence-corrected chi connectivity index (χ4v) is 4.79. The first-order valence-electron chi connectivity index (χ1n) is 12.7. The van der Waals surface area contributed by atoms with Crippen molar-refractivity contribution in [2.75, 3.05) is 6.54 Å². The van der Waals surface area contributed by atoms with Gasteiger partial charge in [0, 0.05) is 19.3 Å². The third kappa shape index (κ3) is 6.83. The summed E-state index contributed by atoms with van der Waals surface area (Å²) >= 11 is 6.13. The molecule has 1 aromatic carbocycles. The third-order valence-electron chi connectivity index (χ3n) is 6.43. The highest BCUT2D eigenvalue weighted by Crippen LogP contribution is 2.28. The molecule has 3 heterocycles. The van der Waals surface area contributed by atoms with E-state index in [9.17, 15) is 14.4 Å². The molecule has 1 aliphatic rings. The van der Waals surface area contributed by atoms with E-state index in [-0.39, 0.29) is 24.3 Å². The molecule has 3 aromatic rings. The Bertz CT molecular complexity index is 1300. The number of halogens is 1. The zero-order valence-corrected chi connectivity index (χ0v) is 22.9. The van der Waals surface area contributed by atoms with E-state index in [0.717, 1.165) is 17.5 Å². The first-order valence-corrected chi connectivity index (χ1v) is 13.1. The maximum Gasteiger partial charge on any atom is 0.410 e. The van der Waals surface area contributed by atoms with E-state index in [2.05, 4.69) is 15.6 Å². The molecular weight excluding hydrogens is 506 g/mol. The van der Waals surface area contributed by atoms with Gasteiger partial charge in [-0.2, -0.15) is 0 Å². The van der Waals surface area contributed by atoms with Crippen molar-refractivity contribution in [1.29, 1.82) is 0 Å². The lowest BCUT2D eigenvalue weighted by atomic mass is 9.96. The summed E-state index contributed by atoms with van der Waals surface area (Å²) < 4.78 is 7.31. The summed E-state index contributed by atoms with van der Waals surface area (Å²) in [7, 11) is 0. The highest BCUT2D eigenvalue weighted by Gasteiger charge is 2.42. The van der Waals surface area contributed by atoms with E-state index in [1.165, 1.54) is 4.90 Å². The smallest absolute Gasteiger partial charge is 0.410 e. The topological polar surface area (TPSA) is 105 Å². The van der Waals surface area contributed by atoms with Crippen molar-refractivity contribution in [2.45, 2.75) is 64.8 Å². The van der Waals surface area contributed by atoms with Gasteiger partial charge < -0.3 is 15.4 Å². The van der Waals surface area contributed by atoms with E-state index in [1.807, 2.05) is 42.5 Å². The van der Waals surface area contributed by atoms with Crippen LogP contribution in [0.1, 0.15) is 45.2 Å². The summed E-state index contributed by atoms with van der Waals surface area (Å²) in [5.74, 6) is -0.617. The number of imidazole rings is 1. The standard InChI is InChI=1S/C28H34ClN5O4/c1-18(25(35)31-14-20-10-11-24-30-15-23(29)34(24)16-20)32-26(36)22-13-21(12-19-8-6-5-7-9-19)17-33(22)27(37)38-28(2,3)4/h5-11,15-16,18,21-22H,12-14,17H2,1-4H3,(H,31,35)(H,32,36)/t18-,21-,22+/m0/s1. The average Bonchev–Trinajstić information content (AvgIpc) is 3.45. The van der Waals surface area contributed by atoms with Gasteiger partial charge in [0.05, 0.1) is 6.20 Å². The van der Waals surface area contributed by atoms with Crippen molar-refractivity contribution >= 4 is 35.2 Å². The number of rotatable bonds is 7. The maximum atomic E-state index is 13.3. The summed E-state index contributed by atoms with van der Waals surface area (Å²) in [4.78, 5) is 44.7. The Morgan fingerprint density at radius 1 is 1.13 bits per heavy atom. The fraction of sp³-hybridized carbons (Fsp3) is 0.429. The highest BCUT2D eigenvalue weighted by molar-refractivity contribution is 6.29. The van der Waals surface area contributed by atoms with Gasteiger partial charge in [0.25, 0.3) is 0 Å². The van der Waals surface area contributed by atoms with E-state index < -0.39 is 23.8 Å². The second-order valence-corrected chi connectivity index (χ2v) is 11.1. The second-order valence-electron chi connectivity index (χ2n) is 10.7. The van der Waals surface area contributed by atoms with Gasteiger partial charge in [0.1, 0.15) is 28.5 Å². The van der Waals surface area contributed by atoms with Crippen LogP contribution in [0.25, 0.3) is 5.65 Å². The van der Waals surface area contributed by atoms with Crippen LogP contribution in [0.5, 0.6) is 0 Å². The van der Waals surface area contributed by atoms with Gasteiger partial charge in [0.2, 0.25) is 11.8 Å². The number of amides is 3. The number of nitrogens with one attached hydrogen (secondary N) is 2. The zero-order chi connectivity index (χ0) is 27.4. The van der Waals surface area contributed by atoms with Crippen molar-refractivity contribution < 1.29 is 19.1 Å². The van der Waals surface area contributed by atoms with Crippen LogP contribution in [0.3, 0.4) is 0 Å². The van der Waals surface area contributed by atoms with Crippen LogP contribution in [-0.4, -0.2) is 56.4 Å². The van der Waals surface area contributed by atoms with Crippen molar-refractivity contribution in [2.24, 2.45) is 5.92 Å². The predicted molar refractivity (Wildman–Crippen MR) is 145 cm³/mol. The minimum atomic E-state index is -0.795. The van der Waals surface area contributed by atoms with Crippen LogP contribution < -0.4 is 10.6 Å². The lowest BCUT2D eigenvalue weighted by molar-refractivity contribution is -0.131. The molecule has 1 aliphatic heterocycles. The third-order valence-corrected chi connectivity index (χ3v) is 6.71. The summed E-state index contributed by atoms with van der Waals surface area (Å²) in [5.41, 5.74) is 2.00. The zero-order valence-electron chi connectivity index (χ0n) is 22.1. The number of aromatic nitrogens is 2. The molecule has 3 amide bonds. The predicted octanol–water partition coefficient (Wildman–Crippen LogP) is 3.98. The second kappa shape index (κ2) is 11.4. The average molecular weight is 540 g/mol. The number of hydrogen-bond donors (Lipinski definition) is 2. The number of hydrogen-bond acceptors (Lipinski definition) is 5. The van der Waals surface area contributed by atoms with Gasteiger partial charge in [-0.1, -0.05) is 48.0 Å². The number of carbonyl (C=O) groups is 3. The number of benzene rings is 1. The van der Waals surface area contributed by atoms with Crippen molar-refractivity contribution in [1.82, 2.24) is 24.9 Å². The summed E-state index contributed by atoms with van der Waals surface area (Å²) in [5, 5.41) is 6.11. The molecule has 0 aliphatic carbocycles. The van der Waals surface area contributed by atoms with Gasteiger partial charge in [-0.3, -0.25) is 18.9 Å². The van der Waals surface area contributed by atoms with Gasteiger partial charge >= 0.3 is 6.09 Å². The molecule has 0 radical (unpaired) electrons. The molecule has 38 heavy (non-hydrogen) atoms. The van der Waals surface area contributed by atoms with E-state index in [4.69, 9.17) is 16.3 Å². The van der Waals surface area contributed by atoms with Crippen molar-refractivity contribution in [3.05, 3.63) is 71.1 Å². The number of nitrogens with zero attached hydrogens (tertiary/aromatic N) is 3. The molecule has 0 saturated carbocycles. The van der Waals surface area contributed by atoms with E-state index in [0.29, 0.717) is 23.8 Å². The Hall–Kier alpha value is -3.59. The highest BCUT2D eigenvalue weighted by atomic mass is 35.5. The van der Waals surface area contributed by atoms with Crippen LogP contribution >= 0.6 is 11.6 Å². The Morgan fingerprint density at radius 2 is 1.87 bits per heavy atom. The van der Waals surface area contributed by atoms with Crippen molar-refractivity contribution in [3.8, 4) is 0 Å². The Labute approximate surface area is 227 Å². The van der Waals surface area contributed by atoms with Crippen LogP contribution in [0.2, 0.25) is 5.15 Å². The molecule has 4 rings (SSSR count). The monoisotopic (exact) mass is 539 g/mol. The van der Waals surface area contributed by atoms with Gasteiger partial charge in [0.15, 0.2) is 0 Å². The number of likely N-dealkylation sites (tertiary alicyclic amines) is 1. The van der Waals surface area contributed by atoms with Crippen LogP contribution in [0.4, 0.5) is 4.79 Å². The number of fused-ring (bicyclic) bond motifs is 1. The Balaban J connectivity index is 1.38. The van der Waals surface area contributed by atoms with Crippen LogP contribution in [-0.2, 0) is 27.3 Å². The Kier molecular flexibility index (Phi) is 8.26. The quantitative estimate of drug-likeness (QED) is 0.472. The molecule has 1 fully saturated rings. The first kappa shape index (κ1) is 27.4. The van der Waals surface area contributed by atoms with Gasteiger partial charge in [-0.05, 0) is 63.6 Å². The molecule has 10 heteroatoms.